The van der Waals surface area contributed by atoms with Crippen molar-refractivity contribution in [3.05, 3.63) is 29.6 Å². The van der Waals surface area contributed by atoms with Gasteiger partial charge in [-0.1, -0.05) is 25.1 Å². The summed E-state index contributed by atoms with van der Waals surface area (Å²) in [6.07, 6.45) is 3.60. The van der Waals surface area contributed by atoms with E-state index in [1.165, 1.54) is 12.1 Å². The molecule has 1 fully saturated rings. The second-order valence-corrected chi connectivity index (χ2v) is 7.50. The van der Waals surface area contributed by atoms with Crippen LogP contribution >= 0.6 is 12.2 Å². The van der Waals surface area contributed by atoms with Gasteiger partial charge in [0.1, 0.15) is 10.8 Å². The van der Waals surface area contributed by atoms with Gasteiger partial charge in [-0.2, -0.15) is 0 Å². The number of sulfonamides is 1. The Labute approximate surface area is 123 Å². The fraction of sp³-hybridized carbons (Fsp3) is 0.462. The van der Waals surface area contributed by atoms with Crippen LogP contribution in [0.5, 0.6) is 0 Å². The largest absolute Gasteiger partial charge is 0.389 e. The lowest BCUT2D eigenvalue weighted by Crippen LogP contribution is -2.43. The molecule has 110 valence electrons. The average molecular weight is 316 g/mol. The van der Waals surface area contributed by atoms with E-state index in [-0.39, 0.29) is 15.4 Å². The quantitative estimate of drug-likeness (QED) is 0.834. The first-order chi connectivity index (χ1) is 9.23. The van der Waals surface area contributed by atoms with Crippen molar-refractivity contribution in [2.45, 2.75) is 43.0 Å². The highest BCUT2D eigenvalue weighted by Gasteiger charge is 2.33. The molecule has 0 bridgehead atoms. The maximum absolute atomic E-state index is 13.5. The van der Waals surface area contributed by atoms with E-state index in [1.807, 2.05) is 6.92 Å². The maximum atomic E-state index is 13.5. The van der Waals surface area contributed by atoms with E-state index in [1.54, 1.807) is 0 Å². The number of nitrogens with two attached hydrogens (primary N) is 1. The van der Waals surface area contributed by atoms with Crippen molar-refractivity contribution in [2.24, 2.45) is 5.73 Å². The lowest BCUT2D eigenvalue weighted by atomic mass is 10.0. The Morgan fingerprint density at radius 1 is 1.40 bits per heavy atom. The molecule has 0 unspecified atom stereocenters. The van der Waals surface area contributed by atoms with E-state index in [0.29, 0.717) is 0 Å². The summed E-state index contributed by atoms with van der Waals surface area (Å²) in [5.41, 5.74) is 4.90. The minimum atomic E-state index is -3.71. The topological polar surface area (TPSA) is 72.2 Å². The van der Waals surface area contributed by atoms with Gasteiger partial charge >= 0.3 is 0 Å². The minimum Gasteiger partial charge on any atom is -0.389 e. The number of halogens is 1. The van der Waals surface area contributed by atoms with Crippen molar-refractivity contribution >= 4 is 27.2 Å². The Bertz CT molecular complexity index is 638. The molecule has 0 saturated heterocycles. The Morgan fingerprint density at radius 2 is 2.00 bits per heavy atom. The van der Waals surface area contributed by atoms with E-state index < -0.39 is 21.4 Å². The Kier molecular flexibility index (Phi) is 4.13. The van der Waals surface area contributed by atoms with Gasteiger partial charge in [-0.15, -0.1) is 0 Å². The molecule has 1 aromatic rings. The summed E-state index contributed by atoms with van der Waals surface area (Å²) in [7, 11) is -3.71. The highest BCUT2D eigenvalue weighted by Crippen LogP contribution is 2.30. The minimum absolute atomic E-state index is 0.0187. The SMILES string of the molecule is CC1(NS(=O)(=O)c2ccc(F)c(C(N)=S)c2)CCCC1. The van der Waals surface area contributed by atoms with Crippen LogP contribution in [0.1, 0.15) is 38.2 Å². The van der Waals surface area contributed by atoms with Crippen LogP contribution in [0, 0.1) is 5.82 Å². The van der Waals surface area contributed by atoms with Crippen LogP contribution in [0.15, 0.2) is 23.1 Å². The molecule has 1 aliphatic rings. The van der Waals surface area contributed by atoms with E-state index in [9.17, 15) is 12.8 Å². The highest BCUT2D eigenvalue weighted by atomic mass is 32.2. The van der Waals surface area contributed by atoms with E-state index in [2.05, 4.69) is 4.72 Å². The standard InChI is InChI=1S/C13H17FN2O2S2/c1-13(6-2-3-7-13)16-20(17,18)9-4-5-11(14)10(8-9)12(15)19/h4-5,8,16H,2-3,6-7H2,1H3,(H2,15,19). The predicted molar refractivity (Wildman–Crippen MR) is 79.5 cm³/mol. The number of rotatable bonds is 4. The third-order valence-corrected chi connectivity index (χ3v) is 5.46. The van der Waals surface area contributed by atoms with Gasteiger partial charge in [0.05, 0.1) is 4.90 Å². The number of hydrogen-bond acceptors (Lipinski definition) is 3. The third kappa shape index (κ3) is 3.16. The summed E-state index contributed by atoms with van der Waals surface area (Å²) in [4.78, 5) is -0.179. The summed E-state index contributed by atoms with van der Waals surface area (Å²) in [5, 5.41) is 0. The number of nitrogens with one attached hydrogen (secondary N) is 1. The Balaban J connectivity index is 2.34. The summed E-state index contributed by atoms with van der Waals surface area (Å²) >= 11 is 4.72. The van der Waals surface area contributed by atoms with Gasteiger partial charge in [0.2, 0.25) is 10.0 Å². The first-order valence-electron chi connectivity index (χ1n) is 6.37. The number of hydrogen-bond donors (Lipinski definition) is 2. The van der Waals surface area contributed by atoms with Crippen molar-refractivity contribution in [3.8, 4) is 0 Å². The molecule has 7 heteroatoms. The second-order valence-electron chi connectivity index (χ2n) is 5.38. The molecule has 0 heterocycles. The van der Waals surface area contributed by atoms with Crippen molar-refractivity contribution < 1.29 is 12.8 Å². The molecule has 0 radical (unpaired) electrons. The van der Waals surface area contributed by atoms with Crippen molar-refractivity contribution in [3.63, 3.8) is 0 Å². The van der Waals surface area contributed by atoms with E-state index in [0.717, 1.165) is 31.7 Å². The van der Waals surface area contributed by atoms with Gasteiger partial charge in [0.15, 0.2) is 0 Å². The third-order valence-electron chi connectivity index (χ3n) is 3.60. The number of benzene rings is 1. The fourth-order valence-electron chi connectivity index (χ4n) is 2.50. The summed E-state index contributed by atoms with van der Waals surface area (Å²) in [6.45, 7) is 1.88. The summed E-state index contributed by atoms with van der Waals surface area (Å²) in [5.74, 6) is -0.622. The molecule has 4 nitrogen and oxygen atoms in total. The zero-order valence-electron chi connectivity index (χ0n) is 11.1. The fourth-order valence-corrected chi connectivity index (χ4v) is 4.15. The molecule has 0 aliphatic heterocycles. The van der Waals surface area contributed by atoms with Gasteiger partial charge in [-0.05, 0) is 38.0 Å². The Hall–Kier alpha value is -1.05. The summed E-state index contributed by atoms with van der Waals surface area (Å²) in [6, 6.07) is 3.47. The second kappa shape index (κ2) is 5.38. The smallest absolute Gasteiger partial charge is 0.241 e. The van der Waals surface area contributed by atoms with Gasteiger partial charge in [-0.25, -0.2) is 17.5 Å². The van der Waals surface area contributed by atoms with Crippen LogP contribution in [0.3, 0.4) is 0 Å². The summed E-state index contributed by atoms with van der Waals surface area (Å²) < 4.78 is 40.9. The van der Waals surface area contributed by atoms with Gasteiger partial charge < -0.3 is 5.73 Å². The molecular weight excluding hydrogens is 299 g/mol. The molecule has 0 spiro atoms. The van der Waals surface area contributed by atoms with Crippen LogP contribution in [0.2, 0.25) is 0 Å². The highest BCUT2D eigenvalue weighted by molar-refractivity contribution is 7.89. The molecule has 1 aromatic carbocycles. The average Bonchev–Trinajstić information content (AvgIpc) is 2.74. The maximum Gasteiger partial charge on any atom is 0.241 e. The first kappa shape index (κ1) is 15.3. The molecule has 3 N–H and O–H groups in total. The van der Waals surface area contributed by atoms with Crippen LogP contribution in [0.4, 0.5) is 4.39 Å². The van der Waals surface area contributed by atoms with Crippen molar-refractivity contribution in [2.75, 3.05) is 0 Å². The van der Waals surface area contributed by atoms with Crippen molar-refractivity contribution in [1.82, 2.24) is 4.72 Å². The van der Waals surface area contributed by atoms with Gasteiger partial charge in [0.25, 0.3) is 0 Å². The van der Waals surface area contributed by atoms with Crippen molar-refractivity contribution in [1.29, 1.82) is 0 Å². The lowest BCUT2D eigenvalue weighted by Gasteiger charge is -2.25. The van der Waals surface area contributed by atoms with Crippen LogP contribution < -0.4 is 10.5 Å². The molecule has 20 heavy (non-hydrogen) atoms. The monoisotopic (exact) mass is 316 g/mol. The molecule has 1 saturated carbocycles. The lowest BCUT2D eigenvalue weighted by molar-refractivity contribution is 0.427. The molecule has 1 aliphatic carbocycles. The van der Waals surface area contributed by atoms with Crippen LogP contribution in [-0.2, 0) is 10.0 Å². The normalized spacial score (nSPS) is 18.1. The predicted octanol–water partition coefficient (Wildman–Crippen LogP) is 2.07. The zero-order chi connectivity index (χ0) is 15.0. The molecule has 2 rings (SSSR count). The zero-order valence-corrected chi connectivity index (χ0v) is 12.8. The van der Waals surface area contributed by atoms with E-state index in [4.69, 9.17) is 18.0 Å². The first-order valence-corrected chi connectivity index (χ1v) is 8.26. The van der Waals surface area contributed by atoms with E-state index >= 15 is 0 Å². The van der Waals surface area contributed by atoms with Gasteiger partial charge in [-0.3, -0.25) is 0 Å². The molecular formula is C13H17FN2O2S2. The number of thiocarbonyl (C=S) groups is 1. The molecule has 0 aromatic heterocycles. The molecule has 0 atom stereocenters. The van der Waals surface area contributed by atoms with Gasteiger partial charge in [0, 0.05) is 11.1 Å². The van der Waals surface area contributed by atoms with Crippen LogP contribution in [0.25, 0.3) is 0 Å². The Morgan fingerprint density at radius 3 is 2.55 bits per heavy atom. The molecule has 0 amide bonds. The van der Waals surface area contributed by atoms with Crippen LogP contribution in [-0.4, -0.2) is 18.9 Å².